The van der Waals surface area contributed by atoms with E-state index in [1.165, 1.54) is 61.6 Å². The summed E-state index contributed by atoms with van der Waals surface area (Å²) in [4.78, 5) is 0.394. The van der Waals surface area contributed by atoms with Crippen molar-refractivity contribution in [3.8, 4) is 0 Å². The van der Waals surface area contributed by atoms with Crippen LogP contribution in [0.2, 0.25) is 5.02 Å². The van der Waals surface area contributed by atoms with Gasteiger partial charge in [0.15, 0.2) is 0 Å². The molecule has 19 heavy (non-hydrogen) atoms. The minimum atomic E-state index is 0.394. The van der Waals surface area contributed by atoms with Gasteiger partial charge in [0, 0.05) is 9.85 Å². The second kappa shape index (κ2) is 9.02. The van der Waals surface area contributed by atoms with Crippen LogP contribution >= 0.6 is 27.5 Å². The van der Waals surface area contributed by atoms with Crippen LogP contribution < -0.4 is 0 Å². The van der Waals surface area contributed by atoms with Gasteiger partial charge in [0.1, 0.15) is 0 Å². The maximum Gasteiger partial charge on any atom is 0.0452 e. The summed E-state index contributed by atoms with van der Waals surface area (Å²) in [5, 5.41) is 0.899. The molecular weight excluding hydrogens is 320 g/mol. The molecule has 1 unspecified atom stereocenters. The molecule has 0 fully saturated rings. The van der Waals surface area contributed by atoms with Crippen LogP contribution in [0.25, 0.3) is 0 Å². The number of aryl methyl sites for hydroxylation is 2. The molecule has 1 aromatic carbocycles. The molecule has 108 valence electrons. The molecule has 1 rings (SSSR count). The van der Waals surface area contributed by atoms with Gasteiger partial charge in [-0.25, -0.2) is 0 Å². The van der Waals surface area contributed by atoms with Gasteiger partial charge in [0.25, 0.3) is 0 Å². The predicted molar refractivity (Wildman–Crippen MR) is 90.6 cm³/mol. The van der Waals surface area contributed by atoms with Crippen LogP contribution in [0.4, 0.5) is 0 Å². The van der Waals surface area contributed by atoms with E-state index in [4.69, 9.17) is 11.6 Å². The third-order valence-electron chi connectivity index (χ3n) is 3.76. The summed E-state index contributed by atoms with van der Waals surface area (Å²) >= 11 is 10.1. The zero-order valence-corrected chi connectivity index (χ0v) is 14.8. The van der Waals surface area contributed by atoms with E-state index in [9.17, 15) is 0 Å². The van der Waals surface area contributed by atoms with E-state index in [0.29, 0.717) is 4.83 Å². The van der Waals surface area contributed by atoms with Gasteiger partial charge in [-0.3, -0.25) is 0 Å². The average Bonchev–Trinajstić information content (AvgIpc) is 2.37. The Morgan fingerprint density at radius 1 is 1.00 bits per heavy atom. The van der Waals surface area contributed by atoms with E-state index in [1.54, 1.807) is 0 Å². The molecule has 0 aliphatic carbocycles. The first-order chi connectivity index (χ1) is 9.06. The number of hydrogen-bond acceptors (Lipinski definition) is 0. The van der Waals surface area contributed by atoms with Crippen LogP contribution in [0, 0.1) is 13.8 Å². The number of alkyl halides is 1. The molecule has 2 heteroatoms. The number of halogens is 2. The molecule has 0 saturated heterocycles. The molecule has 0 saturated carbocycles. The topological polar surface area (TPSA) is 0 Å². The van der Waals surface area contributed by atoms with E-state index >= 15 is 0 Å². The largest absolute Gasteiger partial charge is 0.0840 e. The highest BCUT2D eigenvalue weighted by molar-refractivity contribution is 9.09. The Morgan fingerprint density at radius 2 is 1.58 bits per heavy atom. The lowest BCUT2D eigenvalue weighted by Gasteiger charge is -2.14. The lowest BCUT2D eigenvalue weighted by molar-refractivity contribution is 0.588. The van der Waals surface area contributed by atoms with Gasteiger partial charge in [0.05, 0.1) is 0 Å². The zero-order valence-electron chi connectivity index (χ0n) is 12.4. The summed E-state index contributed by atoms with van der Waals surface area (Å²) in [6, 6.07) is 4.32. The number of rotatable bonds is 8. The summed E-state index contributed by atoms with van der Waals surface area (Å²) in [7, 11) is 0. The lowest BCUT2D eigenvalue weighted by Crippen LogP contribution is -1.94. The maximum absolute atomic E-state index is 6.35. The van der Waals surface area contributed by atoms with Crippen molar-refractivity contribution >= 4 is 27.5 Å². The molecule has 0 bridgehead atoms. The molecule has 0 aliphatic rings. The molecule has 0 aliphatic heterocycles. The summed E-state index contributed by atoms with van der Waals surface area (Å²) in [6.07, 6.45) is 9.24. The molecular formula is C17H26BrCl. The monoisotopic (exact) mass is 344 g/mol. The fourth-order valence-corrected chi connectivity index (χ4v) is 3.49. The Labute approximate surface area is 132 Å². The third-order valence-corrected chi connectivity index (χ3v) is 5.04. The Bertz CT molecular complexity index is 387. The quantitative estimate of drug-likeness (QED) is 0.347. The van der Waals surface area contributed by atoms with E-state index < -0.39 is 0 Å². The van der Waals surface area contributed by atoms with Crippen molar-refractivity contribution in [1.29, 1.82) is 0 Å². The van der Waals surface area contributed by atoms with Gasteiger partial charge in [-0.1, -0.05) is 79.0 Å². The Balaban J connectivity index is 2.41. The second-order valence-corrected chi connectivity index (χ2v) is 6.99. The third kappa shape index (κ3) is 5.87. The SMILES string of the molecule is CCCCCCCCC(Br)c1cc(C)c(C)cc1Cl. The normalized spacial score (nSPS) is 12.7. The lowest BCUT2D eigenvalue weighted by atomic mass is 10.0. The maximum atomic E-state index is 6.35. The van der Waals surface area contributed by atoms with Crippen molar-refractivity contribution < 1.29 is 0 Å². The van der Waals surface area contributed by atoms with Crippen LogP contribution in [0.15, 0.2) is 12.1 Å². The number of unbranched alkanes of at least 4 members (excludes halogenated alkanes) is 5. The summed E-state index contributed by atoms with van der Waals surface area (Å²) in [5.74, 6) is 0. The minimum absolute atomic E-state index is 0.394. The molecule has 0 aromatic heterocycles. The van der Waals surface area contributed by atoms with Crippen LogP contribution in [-0.2, 0) is 0 Å². The number of benzene rings is 1. The first-order valence-corrected chi connectivity index (χ1v) is 8.76. The van der Waals surface area contributed by atoms with E-state index in [1.807, 2.05) is 0 Å². The number of hydrogen-bond donors (Lipinski definition) is 0. The highest BCUT2D eigenvalue weighted by atomic mass is 79.9. The Kier molecular flexibility index (Phi) is 8.09. The van der Waals surface area contributed by atoms with Gasteiger partial charge in [0.2, 0.25) is 0 Å². The van der Waals surface area contributed by atoms with Gasteiger partial charge in [-0.15, -0.1) is 0 Å². The van der Waals surface area contributed by atoms with Crippen molar-refractivity contribution in [1.82, 2.24) is 0 Å². The Morgan fingerprint density at radius 3 is 2.26 bits per heavy atom. The standard InChI is InChI=1S/C17H26BrCl/c1-4-5-6-7-8-9-10-16(18)15-11-13(2)14(3)12-17(15)19/h11-12,16H,4-10H2,1-3H3. The van der Waals surface area contributed by atoms with Crippen LogP contribution in [-0.4, -0.2) is 0 Å². The predicted octanol–water partition coefficient (Wildman–Crippen LogP) is 7.14. The molecule has 1 aromatic rings. The van der Waals surface area contributed by atoms with Crippen molar-refractivity contribution in [3.63, 3.8) is 0 Å². The fourth-order valence-electron chi connectivity index (χ4n) is 2.30. The average molecular weight is 346 g/mol. The molecule has 0 N–H and O–H groups in total. The van der Waals surface area contributed by atoms with Gasteiger partial charge >= 0.3 is 0 Å². The van der Waals surface area contributed by atoms with Crippen LogP contribution in [0.5, 0.6) is 0 Å². The molecule has 0 radical (unpaired) electrons. The highest BCUT2D eigenvalue weighted by Gasteiger charge is 2.12. The van der Waals surface area contributed by atoms with Crippen LogP contribution in [0.3, 0.4) is 0 Å². The van der Waals surface area contributed by atoms with Crippen molar-refractivity contribution in [2.75, 3.05) is 0 Å². The first-order valence-electron chi connectivity index (χ1n) is 7.47. The van der Waals surface area contributed by atoms with Gasteiger partial charge in [-0.2, -0.15) is 0 Å². The van der Waals surface area contributed by atoms with Crippen molar-refractivity contribution in [2.24, 2.45) is 0 Å². The summed E-state index contributed by atoms with van der Waals surface area (Å²) in [6.45, 7) is 6.53. The van der Waals surface area contributed by atoms with E-state index in [0.717, 1.165) is 5.02 Å². The first kappa shape index (κ1) is 17.0. The molecule has 0 spiro atoms. The van der Waals surface area contributed by atoms with Crippen molar-refractivity contribution in [3.05, 3.63) is 33.8 Å². The fraction of sp³-hybridized carbons (Fsp3) is 0.647. The second-order valence-electron chi connectivity index (χ2n) is 5.48. The molecule has 0 amide bonds. The van der Waals surface area contributed by atoms with Gasteiger partial charge in [-0.05, 0) is 43.0 Å². The minimum Gasteiger partial charge on any atom is -0.0840 e. The molecule has 0 heterocycles. The summed E-state index contributed by atoms with van der Waals surface area (Å²) < 4.78 is 0. The van der Waals surface area contributed by atoms with Gasteiger partial charge < -0.3 is 0 Å². The summed E-state index contributed by atoms with van der Waals surface area (Å²) in [5.41, 5.74) is 3.85. The van der Waals surface area contributed by atoms with Crippen LogP contribution in [0.1, 0.15) is 73.4 Å². The smallest absolute Gasteiger partial charge is 0.0452 e. The van der Waals surface area contributed by atoms with Crippen molar-refractivity contribution in [2.45, 2.75) is 70.5 Å². The molecule has 0 nitrogen and oxygen atoms in total. The molecule has 1 atom stereocenters. The zero-order chi connectivity index (χ0) is 14.3. The van der Waals surface area contributed by atoms with E-state index in [2.05, 4.69) is 48.8 Å². The van der Waals surface area contributed by atoms with E-state index in [-0.39, 0.29) is 0 Å². The Hall–Kier alpha value is -0.0100. The highest BCUT2D eigenvalue weighted by Crippen LogP contribution is 2.35.